The number of thiophene rings is 1. The van der Waals surface area contributed by atoms with Crippen molar-refractivity contribution in [3.63, 3.8) is 0 Å². The second kappa shape index (κ2) is 5.78. The summed E-state index contributed by atoms with van der Waals surface area (Å²) < 4.78 is 1.18. The van der Waals surface area contributed by atoms with Gasteiger partial charge in [0.15, 0.2) is 0 Å². The molecule has 0 aliphatic heterocycles. The lowest BCUT2D eigenvalue weighted by atomic mass is 10.0. The van der Waals surface area contributed by atoms with Crippen molar-refractivity contribution in [1.82, 2.24) is 5.32 Å². The third kappa shape index (κ3) is 3.28. The molecule has 1 aromatic carbocycles. The molecule has 0 saturated heterocycles. The van der Waals surface area contributed by atoms with Crippen molar-refractivity contribution >= 4 is 27.3 Å². The average Bonchev–Trinajstić information content (AvgIpc) is 3.18. The van der Waals surface area contributed by atoms with Gasteiger partial charge in [-0.05, 0) is 53.2 Å². The maximum atomic E-state index is 3.81. The van der Waals surface area contributed by atoms with Crippen molar-refractivity contribution in [3.05, 3.63) is 56.7 Å². The van der Waals surface area contributed by atoms with Crippen LogP contribution < -0.4 is 5.32 Å². The quantitative estimate of drug-likeness (QED) is 0.780. The topological polar surface area (TPSA) is 12.0 Å². The predicted molar refractivity (Wildman–Crippen MR) is 85.5 cm³/mol. The van der Waals surface area contributed by atoms with Gasteiger partial charge in [0, 0.05) is 26.8 Å². The third-order valence-corrected chi connectivity index (χ3v) is 5.57. The monoisotopic (exact) mass is 335 g/mol. The minimum atomic E-state index is 0.405. The van der Waals surface area contributed by atoms with Gasteiger partial charge < -0.3 is 5.32 Å². The maximum Gasteiger partial charge on any atom is 0.0391 e. The van der Waals surface area contributed by atoms with E-state index in [0.717, 1.165) is 5.92 Å². The second-order valence-electron chi connectivity index (χ2n) is 5.28. The number of nitrogens with one attached hydrogen (secondary N) is 1. The van der Waals surface area contributed by atoms with Crippen LogP contribution in [0.1, 0.15) is 42.3 Å². The molecule has 0 radical (unpaired) electrons. The molecule has 3 rings (SSSR count). The molecule has 2 unspecified atom stereocenters. The zero-order valence-electron chi connectivity index (χ0n) is 11.0. The zero-order valence-corrected chi connectivity index (χ0v) is 13.4. The van der Waals surface area contributed by atoms with Crippen molar-refractivity contribution in [2.45, 2.75) is 31.8 Å². The van der Waals surface area contributed by atoms with Crippen LogP contribution in [0.5, 0.6) is 0 Å². The van der Waals surface area contributed by atoms with Crippen LogP contribution in [0.15, 0.2) is 46.3 Å². The lowest BCUT2D eigenvalue weighted by Gasteiger charge is -2.23. The van der Waals surface area contributed by atoms with Crippen molar-refractivity contribution < 1.29 is 0 Å². The summed E-state index contributed by atoms with van der Waals surface area (Å²) in [6.07, 6.45) is 2.71. The van der Waals surface area contributed by atoms with Crippen LogP contribution >= 0.6 is 27.3 Å². The van der Waals surface area contributed by atoms with Gasteiger partial charge in [-0.1, -0.05) is 30.3 Å². The van der Waals surface area contributed by atoms with Gasteiger partial charge in [-0.2, -0.15) is 0 Å². The molecule has 2 atom stereocenters. The molecule has 0 amide bonds. The third-order valence-electron chi connectivity index (χ3n) is 3.70. The summed E-state index contributed by atoms with van der Waals surface area (Å²) in [7, 11) is 0. The molecular formula is C16H18BrNS. The smallest absolute Gasteiger partial charge is 0.0391 e. The molecule has 1 aromatic heterocycles. The Bertz CT molecular complexity index is 533. The molecule has 3 heteroatoms. The molecule has 1 aliphatic carbocycles. The Kier molecular flexibility index (Phi) is 4.06. The molecular weight excluding hydrogens is 318 g/mol. The van der Waals surface area contributed by atoms with Crippen LogP contribution in [-0.2, 0) is 0 Å². The summed E-state index contributed by atoms with van der Waals surface area (Å²) in [6, 6.07) is 14.0. The van der Waals surface area contributed by atoms with Crippen molar-refractivity contribution in [1.29, 1.82) is 0 Å². The SMILES string of the molecule is CC(NC(c1ccccc1)C1CC1)c1cc(Br)cs1. The number of hydrogen-bond acceptors (Lipinski definition) is 2. The van der Waals surface area contributed by atoms with Gasteiger partial charge >= 0.3 is 0 Å². The first-order valence-electron chi connectivity index (χ1n) is 6.79. The molecule has 1 heterocycles. The number of rotatable bonds is 5. The summed E-state index contributed by atoms with van der Waals surface area (Å²) in [4.78, 5) is 1.40. The highest BCUT2D eigenvalue weighted by molar-refractivity contribution is 9.10. The summed E-state index contributed by atoms with van der Waals surface area (Å²) >= 11 is 5.35. The normalized spacial score (nSPS) is 18.2. The highest BCUT2D eigenvalue weighted by Gasteiger charge is 2.33. The van der Waals surface area contributed by atoms with E-state index in [0.29, 0.717) is 12.1 Å². The van der Waals surface area contributed by atoms with E-state index in [9.17, 15) is 0 Å². The van der Waals surface area contributed by atoms with Gasteiger partial charge in [0.25, 0.3) is 0 Å². The van der Waals surface area contributed by atoms with Gasteiger partial charge in [0.05, 0.1) is 0 Å². The van der Waals surface area contributed by atoms with Crippen molar-refractivity contribution in [2.24, 2.45) is 5.92 Å². The molecule has 0 bridgehead atoms. The predicted octanol–water partition coefficient (Wildman–Crippen LogP) is 5.31. The van der Waals surface area contributed by atoms with Crippen molar-refractivity contribution in [3.8, 4) is 0 Å². The Morgan fingerprint density at radius 3 is 2.58 bits per heavy atom. The first kappa shape index (κ1) is 13.3. The summed E-state index contributed by atoms with van der Waals surface area (Å²) in [5, 5.41) is 5.97. The number of halogens is 1. The zero-order chi connectivity index (χ0) is 13.2. The maximum absolute atomic E-state index is 3.81. The highest BCUT2D eigenvalue weighted by Crippen LogP contribution is 2.42. The minimum Gasteiger partial charge on any atom is -0.302 e. The molecule has 100 valence electrons. The fourth-order valence-corrected chi connectivity index (χ4v) is 3.96. The Hall–Kier alpha value is -0.640. The lowest BCUT2D eigenvalue weighted by molar-refractivity contribution is 0.431. The second-order valence-corrected chi connectivity index (χ2v) is 7.14. The molecule has 1 nitrogen and oxygen atoms in total. The van der Waals surface area contributed by atoms with Gasteiger partial charge in [-0.15, -0.1) is 11.3 Å². The fourth-order valence-electron chi connectivity index (χ4n) is 2.50. The van der Waals surface area contributed by atoms with Crippen LogP contribution in [0.4, 0.5) is 0 Å². The van der Waals surface area contributed by atoms with E-state index in [-0.39, 0.29) is 0 Å². The van der Waals surface area contributed by atoms with E-state index in [1.807, 2.05) is 11.3 Å². The standard InChI is InChI=1S/C16H18BrNS/c1-11(15-9-14(17)10-19-15)18-16(13-7-8-13)12-5-3-2-4-6-12/h2-6,9-11,13,16,18H,7-8H2,1H3. The van der Waals surface area contributed by atoms with Crippen LogP contribution in [0.25, 0.3) is 0 Å². The van der Waals surface area contributed by atoms with Gasteiger partial charge in [0.2, 0.25) is 0 Å². The van der Waals surface area contributed by atoms with E-state index in [2.05, 4.69) is 69.9 Å². The highest BCUT2D eigenvalue weighted by atomic mass is 79.9. The van der Waals surface area contributed by atoms with E-state index < -0.39 is 0 Å². The lowest BCUT2D eigenvalue weighted by Crippen LogP contribution is -2.25. The van der Waals surface area contributed by atoms with E-state index in [4.69, 9.17) is 0 Å². The van der Waals surface area contributed by atoms with E-state index >= 15 is 0 Å². The molecule has 1 N–H and O–H groups in total. The number of hydrogen-bond donors (Lipinski definition) is 1. The van der Waals surface area contributed by atoms with Crippen LogP contribution in [0, 0.1) is 5.92 Å². The van der Waals surface area contributed by atoms with Crippen LogP contribution in [0.2, 0.25) is 0 Å². The Labute approximate surface area is 127 Å². The Morgan fingerprint density at radius 1 is 1.26 bits per heavy atom. The first-order chi connectivity index (χ1) is 9.24. The molecule has 2 aromatic rings. The molecule has 1 saturated carbocycles. The van der Waals surface area contributed by atoms with Crippen LogP contribution in [-0.4, -0.2) is 0 Å². The van der Waals surface area contributed by atoms with Gasteiger partial charge in [-0.3, -0.25) is 0 Å². The molecule has 1 aliphatic rings. The fraction of sp³-hybridized carbons (Fsp3) is 0.375. The van der Waals surface area contributed by atoms with Crippen molar-refractivity contribution in [2.75, 3.05) is 0 Å². The van der Waals surface area contributed by atoms with E-state index in [1.54, 1.807) is 0 Å². The summed E-state index contributed by atoms with van der Waals surface area (Å²) in [6.45, 7) is 2.26. The van der Waals surface area contributed by atoms with Crippen LogP contribution in [0.3, 0.4) is 0 Å². The molecule has 0 spiro atoms. The Morgan fingerprint density at radius 2 is 2.00 bits per heavy atom. The Balaban J connectivity index is 1.75. The minimum absolute atomic E-state index is 0.405. The molecule has 1 fully saturated rings. The first-order valence-corrected chi connectivity index (χ1v) is 8.46. The molecule has 19 heavy (non-hydrogen) atoms. The van der Waals surface area contributed by atoms with E-state index in [1.165, 1.54) is 27.8 Å². The van der Waals surface area contributed by atoms with Gasteiger partial charge in [0.1, 0.15) is 0 Å². The average molecular weight is 336 g/mol. The largest absolute Gasteiger partial charge is 0.302 e. The number of benzene rings is 1. The summed E-state index contributed by atoms with van der Waals surface area (Å²) in [5.74, 6) is 0.813. The summed E-state index contributed by atoms with van der Waals surface area (Å²) in [5.41, 5.74) is 1.42. The van der Waals surface area contributed by atoms with Gasteiger partial charge in [-0.25, -0.2) is 0 Å².